The van der Waals surface area contributed by atoms with Gasteiger partial charge in [-0.1, -0.05) is 48.5 Å². The van der Waals surface area contributed by atoms with Gasteiger partial charge in [-0.3, -0.25) is 4.79 Å². The first-order valence-electron chi connectivity index (χ1n) is 7.34. The van der Waals surface area contributed by atoms with E-state index in [1.807, 2.05) is 48.5 Å². The van der Waals surface area contributed by atoms with Crippen molar-refractivity contribution in [3.8, 4) is 0 Å². The quantitative estimate of drug-likeness (QED) is 0.679. The fourth-order valence-electron chi connectivity index (χ4n) is 2.36. The highest BCUT2D eigenvalue weighted by Gasteiger charge is 2.13. The third kappa shape index (κ3) is 3.63. The summed E-state index contributed by atoms with van der Waals surface area (Å²) in [5.74, 6) is -0.912. The Hall–Kier alpha value is -2.66. The highest BCUT2D eigenvalue weighted by atomic mass is 79.9. The van der Waals surface area contributed by atoms with Crippen molar-refractivity contribution in [2.45, 2.75) is 0 Å². The maximum absolute atomic E-state index is 12.3. The molecule has 0 aliphatic carbocycles. The van der Waals surface area contributed by atoms with Crippen LogP contribution in [0, 0.1) is 0 Å². The lowest BCUT2D eigenvalue weighted by Crippen LogP contribution is -2.21. The molecule has 0 spiro atoms. The van der Waals surface area contributed by atoms with E-state index in [0.29, 0.717) is 11.3 Å². The molecule has 1 amide bonds. The van der Waals surface area contributed by atoms with Gasteiger partial charge < -0.3 is 10.1 Å². The molecule has 5 heteroatoms. The molecule has 0 heterocycles. The predicted octanol–water partition coefficient (Wildman–Crippen LogP) is 4.40. The average Bonchev–Trinajstić information content (AvgIpc) is 2.61. The molecule has 0 aromatic heterocycles. The highest BCUT2D eigenvalue weighted by molar-refractivity contribution is 9.10. The summed E-state index contributed by atoms with van der Waals surface area (Å²) in [5.41, 5.74) is 1.07. The number of hydrogen-bond acceptors (Lipinski definition) is 3. The smallest absolute Gasteiger partial charge is 0.339 e. The molecular formula is C19H14BrNO3. The topological polar surface area (TPSA) is 55.4 Å². The van der Waals surface area contributed by atoms with Crippen LogP contribution in [-0.2, 0) is 9.53 Å². The number of hydrogen-bond donors (Lipinski definition) is 1. The van der Waals surface area contributed by atoms with Crippen LogP contribution in [0.3, 0.4) is 0 Å². The molecule has 0 bridgehead atoms. The Balaban J connectivity index is 1.67. The molecule has 3 rings (SSSR count). The highest BCUT2D eigenvalue weighted by Crippen LogP contribution is 2.21. The molecule has 0 saturated carbocycles. The molecule has 3 aromatic rings. The van der Waals surface area contributed by atoms with Crippen molar-refractivity contribution in [2.75, 3.05) is 11.9 Å². The van der Waals surface area contributed by atoms with Gasteiger partial charge in [-0.05, 0) is 44.9 Å². The summed E-state index contributed by atoms with van der Waals surface area (Å²) in [6, 6.07) is 20.2. The van der Waals surface area contributed by atoms with Crippen LogP contribution in [0.25, 0.3) is 10.8 Å². The second kappa shape index (κ2) is 7.27. The molecule has 0 saturated heterocycles. The lowest BCUT2D eigenvalue weighted by molar-refractivity contribution is -0.119. The van der Waals surface area contributed by atoms with E-state index in [-0.39, 0.29) is 6.61 Å². The van der Waals surface area contributed by atoms with Gasteiger partial charge in [-0.15, -0.1) is 0 Å². The van der Waals surface area contributed by atoms with Crippen LogP contribution in [-0.4, -0.2) is 18.5 Å². The molecule has 120 valence electrons. The standard InChI is InChI=1S/C19H14BrNO3/c20-16-10-3-4-11-17(16)21-18(22)12-24-19(23)15-9-5-7-13-6-1-2-8-14(13)15/h1-11H,12H2,(H,21,22). The van der Waals surface area contributed by atoms with Crippen LogP contribution in [0.1, 0.15) is 10.4 Å². The van der Waals surface area contributed by atoms with E-state index in [9.17, 15) is 9.59 Å². The summed E-state index contributed by atoms with van der Waals surface area (Å²) in [6.07, 6.45) is 0. The molecule has 1 N–H and O–H groups in total. The number of halogens is 1. The number of carbonyl (C=O) groups excluding carboxylic acids is 2. The first kappa shape index (κ1) is 16.2. The molecule has 0 aliphatic rings. The number of esters is 1. The summed E-state index contributed by atoms with van der Waals surface area (Å²) in [6.45, 7) is -0.344. The minimum atomic E-state index is -0.519. The van der Waals surface area contributed by atoms with Gasteiger partial charge in [0.25, 0.3) is 5.91 Å². The van der Waals surface area contributed by atoms with Crippen LogP contribution in [0.15, 0.2) is 71.2 Å². The Bertz CT molecular complexity index is 903. The Morgan fingerprint density at radius 1 is 0.917 bits per heavy atom. The fraction of sp³-hybridized carbons (Fsp3) is 0.0526. The molecule has 0 atom stereocenters. The van der Waals surface area contributed by atoms with Gasteiger partial charge in [-0.2, -0.15) is 0 Å². The number of benzene rings is 3. The Labute approximate surface area is 147 Å². The van der Waals surface area contributed by atoms with Crippen LogP contribution < -0.4 is 5.32 Å². The second-order valence-corrected chi connectivity index (χ2v) is 5.99. The van der Waals surface area contributed by atoms with E-state index in [0.717, 1.165) is 15.2 Å². The molecule has 0 fully saturated rings. The zero-order valence-electron chi connectivity index (χ0n) is 12.7. The van der Waals surface area contributed by atoms with Crippen molar-refractivity contribution in [1.82, 2.24) is 0 Å². The number of ether oxygens (including phenoxy) is 1. The Morgan fingerprint density at radius 3 is 2.46 bits per heavy atom. The van der Waals surface area contributed by atoms with Gasteiger partial charge in [0.05, 0.1) is 11.3 Å². The first-order chi connectivity index (χ1) is 11.6. The number of rotatable bonds is 4. The molecule has 0 aliphatic heterocycles. The van der Waals surface area contributed by atoms with Gasteiger partial charge in [0.15, 0.2) is 6.61 Å². The number of amides is 1. The van der Waals surface area contributed by atoms with Gasteiger partial charge >= 0.3 is 5.97 Å². The molecule has 0 radical (unpaired) electrons. The van der Waals surface area contributed by atoms with Crippen molar-refractivity contribution in [3.05, 3.63) is 76.8 Å². The number of anilines is 1. The maximum atomic E-state index is 12.3. The normalized spacial score (nSPS) is 10.4. The van der Waals surface area contributed by atoms with E-state index in [2.05, 4.69) is 21.2 Å². The Morgan fingerprint density at radius 2 is 1.62 bits per heavy atom. The lowest BCUT2D eigenvalue weighted by atomic mass is 10.1. The van der Waals surface area contributed by atoms with E-state index >= 15 is 0 Å². The van der Waals surface area contributed by atoms with Gasteiger partial charge in [0.2, 0.25) is 0 Å². The first-order valence-corrected chi connectivity index (χ1v) is 8.14. The molecule has 0 unspecified atom stereocenters. The van der Waals surface area contributed by atoms with Gasteiger partial charge in [0, 0.05) is 4.47 Å². The molecular weight excluding hydrogens is 370 g/mol. The number of para-hydroxylation sites is 1. The van der Waals surface area contributed by atoms with E-state index in [1.54, 1.807) is 18.2 Å². The predicted molar refractivity (Wildman–Crippen MR) is 97.0 cm³/mol. The van der Waals surface area contributed by atoms with E-state index in [1.165, 1.54) is 0 Å². The summed E-state index contributed by atoms with van der Waals surface area (Å²) >= 11 is 3.35. The van der Waals surface area contributed by atoms with Crippen molar-refractivity contribution in [2.24, 2.45) is 0 Å². The van der Waals surface area contributed by atoms with Crippen LogP contribution in [0.2, 0.25) is 0 Å². The number of nitrogens with one attached hydrogen (secondary N) is 1. The Kier molecular flexibility index (Phi) is 4.91. The van der Waals surface area contributed by atoms with Crippen molar-refractivity contribution in [1.29, 1.82) is 0 Å². The molecule has 3 aromatic carbocycles. The summed E-state index contributed by atoms with van der Waals surface area (Å²) < 4.78 is 5.91. The summed E-state index contributed by atoms with van der Waals surface area (Å²) in [7, 11) is 0. The minimum Gasteiger partial charge on any atom is -0.452 e. The van der Waals surface area contributed by atoms with Crippen LogP contribution in [0.4, 0.5) is 5.69 Å². The third-order valence-corrected chi connectivity index (χ3v) is 4.18. The van der Waals surface area contributed by atoms with E-state index < -0.39 is 11.9 Å². The molecule has 4 nitrogen and oxygen atoms in total. The summed E-state index contributed by atoms with van der Waals surface area (Å²) in [4.78, 5) is 24.2. The zero-order chi connectivity index (χ0) is 16.9. The number of carbonyl (C=O) groups is 2. The van der Waals surface area contributed by atoms with E-state index in [4.69, 9.17) is 4.74 Å². The second-order valence-electron chi connectivity index (χ2n) is 5.13. The van der Waals surface area contributed by atoms with Crippen molar-refractivity contribution >= 4 is 44.3 Å². The fourth-order valence-corrected chi connectivity index (χ4v) is 2.75. The minimum absolute atomic E-state index is 0.344. The zero-order valence-corrected chi connectivity index (χ0v) is 14.2. The van der Waals surface area contributed by atoms with Crippen LogP contribution in [0.5, 0.6) is 0 Å². The summed E-state index contributed by atoms with van der Waals surface area (Å²) in [5, 5.41) is 4.44. The maximum Gasteiger partial charge on any atom is 0.339 e. The average molecular weight is 384 g/mol. The SMILES string of the molecule is O=C(COC(=O)c1cccc2ccccc12)Nc1ccccc1Br. The van der Waals surface area contributed by atoms with Crippen LogP contribution >= 0.6 is 15.9 Å². The lowest BCUT2D eigenvalue weighted by Gasteiger charge is -2.09. The third-order valence-electron chi connectivity index (χ3n) is 3.49. The molecule has 24 heavy (non-hydrogen) atoms. The van der Waals surface area contributed by atoms with Gasteiger partial charge in [-0.25, -0.2) is 4.79 Å². The number of fused-ring (bicyclic) bond motifs is 1. The monoisotopic (exact) mass is 383 g/mol. The largest absolute Gasteiger partial charge is 0.452 e. The van der Waals surface area contributed by atoms with Crippen molar-refractivity contribution in [3.63, 3.8) is 0 Å². The van der Waals surface area contributed by atoms with Gasteiger partial charge in [0.1, 0.15) is 0 Å². The van der Waals surface area contributed by atoms with Crippen molar-refractivity contribution < 1.29 is 14.3 Å².